The number of aliphatic hydroxyl groups excluding tert-OH is 1. The van der Waals surface area contributed by atoms with Crippen LogP contribution in [0.4, 0.5) is 17.1 Å². The molecular formula is C36H44N4O5Si. The summed E-state index contributed by atoms with van der Waals surface area (Å²) >= 11 is 0. The van der Waals surface area contributed by atoms with Crippen LogP contribution in [0, 0.1) is 5.92 Å². The Kier molecular flexibility index (Phi) is 7.74. The van der Waals surface area contributed by atoms with Crippen LogP contribution in [0.3, 0.4) is 0 Å². The van der Waals surface area contributed by atoms with Crippen LogP contribution in [0.25, 0.3) is 0 Å². The number of nitrogens with zero attached hydrogens (tertiary/aromatic N) is 2. The van der Waals surface area contributed by atoms with Crippen molar-refractivity contribution in [2.45, 2.75) is 62.1 Å². The van der Waals surface area contributed by atoms with Crippen molar-refractivity contribution in [3.8, 4) is 5.75 Å². The minimum atomic E-state index is -2.26. The van der Waals surface area contributed by atoms with Crippen LogP contribution in [0.15, 0.2) is 72.8 Å². The first kappa shape index (κ1) is 30.9. The molecule has 3 fully saturated rings. The Bertz CT molecular complexity index is 1630. The van der Waals surface area contributed by atoms with Gasteiger partial charge in [-0.1, -0.05) is 55.5 Å². The number of fused-ring (bicyclic) bond motifs is 2. The summed E-state index contributed by atoms with van der Waals surface area (Å²) in [5.74, 6) is 0.548. The van der Waals surface area contributed by atoms with E-state index in [1.54, 1.807) is 7.11 Å². The first-order valence-corrected chi connectivity index (χ1v) is 19.5. The Hall–Kier alpha value is -3.70. The highest BCUT2D eigenvalue weighted by molar-refractivity contribution is 6.91. The molecule has 7 rings (SSSR count). The van der Waals surface area contributed by atoms with E-state index < -0.39 is 19.2 Å². The van der Waals surface area contributed by atoms with E-state index in [0.717, 1.165) is 54.3 Å². The molecule has 0 radical (unpaired) electrons. The van der Waals surface area contributed by atoms with E-state index in [4.69, 9.17) is 9.47 Å². The highest BCUT2D eigenvalue weighted by Gasteiger charge is 2.65. The standard InChI is InChI=1S/C36H44N4O5Si/c1-24-32(46(3,4)28-13-11-27(44-2)12-14-28)31(16-21-41)45-36(24)29-22-26(10-15-30(29)38-33(36)42)39-23-40(25-8-6-5-7-9-25)35(34(39)43)17-19-37-20-18-35/h5-15,22,24,31-32,37,41H,16-21,23H2,1-4H3,(H,38,42)/t24-,31+,32-,36+/m1/s1. The van der Waals surface area contributed by atoms with Crippen LogP contribution in [0.1, 0.15) is 31.7 Å². The molecule has 2 amide bonds. The lowest BCUT2D eigenvalue weighted by Crippen LogP contribution is -2.55. The molecule has 3 N–H and O–H groups in total. The van der Waals surface area contributed by atoms with Crippen LogP contribution >= 0.6 is 0 Å². The quantitative estimate of drug-likeness (QED) is 0.333. The summed E-state index contributed by atoms with van der Waals surface area (Å²) in [7, 11) is -0.599. The second-order valence-corrected chi connectivity index (χ2v) is 18.5. The van der Waals surface area contributed by atoms with Crippen molar-refractivity contribution in [3.63, 3.8) is 0 Å². The summed E-state index contributed by atoms with van der Waals surface area (Å²) in [6.07, 6.45) is 1.59. The molecular weight excluding hydrogens is 597 g/mol. The molecule has 0 saturated carbocycles. The Morgan fingerprint density at radius 2 is 1.72 bits per heavy atom. The van der Waals surface area contributed by atoms with Crippen molar-refractivity contribution in [1.82, 2.24) is 5.32 Å². The predicted molar refractivity (Wildman–Crippen MR) is 182 cm³/mol. The molecule has 3 aromatic rings. The number of nitrogens with one attached hydrogen (secondary N) is 2. The SMILES string of the molecule is COc1ccc([Si](C)(C)[C@H]2[C@H](CCO)O[C@@]3(C(=O)Nc4ccc(N5CN(c6ccccc6)C6(CCNCC6)C5=O)cc43)[C@@H]2C)cc1. The Labute approximate surface area is 271 Å². The number of methoxy groups -OCH3 is 1. The third-order valence-electron chi connectivity index (χ3n) is 11.2. The zero-order valence-corrected chi connectivity index (χ0v) is 28.1. The largest absolute Gasteiger partial charge is 0.497 e. The molecule has 0 bridgehead atoms. The number of rotatable bonds is 7. The molecule has 0 unspecified atom stereocenters. The van der Waals surface area contributed by atoms with Crippen molar-refractivity contribution in [3.05, 3.63) is 78.4 Å². The molecule has 3 saturated heterocycles. The van der Waals surface area contributed by atoms with Gasteiger partial charge in [0.05, 0.1) is 28.0 Å². The fourth-order valence-electron chi connectivity index (χ4n) is 8.85. The van der Waals surface area contributed by atoms with Gasteiger partial charge in [0, 0.05) is 35.2 Å². The highest BCUT2D eigenvalue weighted by atomic mass is 28.3. The second-order valence-electron chi connectivity index (χ2n) is 13.8. The maximum atomic E-state index is 14.4. The van der Waals surface area contributed by atoms with Gasteiger partial charge in [-0.3, -0.25) is 14.5 Å². The fraction of sp³-hybridized carbons (Fsp3) is 0.444. The van der Waals surface area contributed by atoms with Gasteiger partial charge in [-0.2, -0.15) is 0 Å². The number of anilines is 3. The number of piperidine rings is 1. The van der Waals surface area contributed by atoms with Crippen molar-refractivity contribution >= 4 is 42.1 Å². The number of amides is 2. The van der Waals surface area contributed by atoms with Crippen molar-refractivity contribution in [2.24, 2.45) is 5.92 Å². The summed E-state index contributed by atoms with van der Waals surface area (Å²) in [5, 5.41) is 17.9. The molecule has 242 valence electrons. The van der Waals surface area contributed by atoms with Crippen LogP contribution < -0.4 is 30.4 Å². The summed E-state index contributed by atoms with van der Waals surface area (Å²) < 4.78 is 12.3. The summed E-state index contributed by atoms with van der Waals surface area (Å²) in [4.78, 5) is 32.7. The summed E-state index contributed by atoms with van der Waals surface area (Å²) in [6, 6.07) is 24.3. The van der Waals surface area contributed by atoms with Crippen LogP contribution in [0.2, 0.25) is 18.6 Å². The van der Waals surface area contributed by atoms with Gasteiger partial charge >= 0.3 is 0 Å². The monoisotopic (exact) mass is 640 g/mol. The third kappa shape index (κ3) is 4.52. The normalized spacial score (nSPS) is 27.0. The minimum absolute atomic E-state index is 0.0277. The number of ether oxygens (including phenoxy) is 2. The predicted octanol–water partition coefficient (Wildman–Crippen LogP) is 4.18. The highest BCUT2D eigenvalue weighted by Crippen LogP contribution is 2.59. The molecule has 46 heavy (non-hydrogen) atoms. The van der Waals surface area contributed by atoms with E-state index in [1.807, 2.05) is 53.4 Å². The van der Waals surface area contributed by atoms with Crippen LogP contribution in [0.5, 0.6) is 5.75 Å². The smallest absolute Gasteiger partial charge is 0.261 e. The molecule has 0 aromatic heterocycles. The van der Waals surface area contributed by atoms with Crippen molar-refractivity contribution in [1.29, 1.82) is 0 Å². The molecule has 2 spiro atoms. The molecule has 4 atom stereocenters. The fourth-order valence-corrected chi connectivity index (χ4v) is 12.9. The maximum Gasteiger partial charge on any atom is 0.261 e. The summed E-state index contributed by atoms with van der Waals surface area (Å²) in [6.45, 7) is 8.74. The lowest BCUT2D eigenvalue weighted by atomic mass is 9.82. The van der Waals surface area contributed by atoms with Gasteiger partial charge in [0.2, 0.25) is 0 Å². The second kappa shape index (κ2) is 11.5. The average molecular weight is 641 g/mol. The zero-order valence-electron chi connectivity index (χ0n) is 27.1. The molecule has 3 aromatic carbocycles. The third-order valence-corrected chi connectivity index (χ3v) is 15.6. The zero-order chi connectivity index (χ0) is 32.3. The number of carbonyl (C=O) groups is 2. The first-order valence-electron chi connectivity index (χ1n) is 16.4. The Balaban J connectivity index is 1.28. The number of carbonyl (C=O) groups excluding carboxylic acids is 2. The van der Waals surface area contributed by atoms with E-state index in [1.165, 1.54) is 5.19 Å². The Morgan fingerprint density at radius 3 is 2.39 bits per heavy atom. The number of hydrogen-bond acceptors (Lipinski definition) is 7. The average Bonchev–Trinajstić information content (AvgIpc) is 3.64. The minimum Gasteiger partial charge on any atom is -0.497 e. The maximum absolute atomic E-state index is 14.4. The lowest BCUT2D eigenvalue weighted by molar-refractivity contribution is -0.143. The van der Waals surface area contributed by atoms with E-state index in [0.29, 0.717) is 13.1 Å². The van der Waals surface area contributed by atoms with E-state index in [2.05, 4.69) is 59.8 Å². The van der Waals surface area contributed by atoms with Gasteiger partial charge in [-0.15, -0.1) is 0 Å². The molecule has 0 aliphatic carbocycles. The molecule has 4 aliphatic heterocycles. The van der Waals surface area contributed by atoms with Gasteiger partial charge in [-0.05, 0) is 80.4 Å². The van der Waals surface area contributed by atoms with E-state index >= 15 is 0 Å². The van der Waals surface area contributed by atoms with Crippen LogP contribution in [-0.2, 0) is 19.9 Å². The lowest BCUT2D eigenvalue weighted by Gasteiger charge is -2.39. The van der Waals surface area contributed by atoms with Gasteiger partial charge in [0.25, 0.3) is 11.8 Å². The number of para-hydroxylation sites is 1. The van der Waals surface area contributed by atoms with Crippen LogP contribution in [-0.4, -0.2) is 70.1 Å². The molecule has 4 aliphatic rings. The number of hydrogen-bond donors (Lipinski definition) is 3. The molecule has 4 heterocycles. The Morgan fingerprint density at radius 1 is 1.00 bits per heavy atom. The first-order chi connectivity index (χ1) is 22.2. The van der Waals surface area contributed by atoms with Gasteiger partial charge in [-0.25, -0.2) is 0 Å². The van der Waals surface area contributed by atoms with Gasteiger partial charge < -0.3 is 30.1 Å². The van der Waals surface area contributed by atoms with Crippen molar-refractivity contribution < 1.29 is 24.2 Å². The number of aliphatic hydroxyl groups is 1. The van der Waals surface area contributed by atoms with E-state index in [-0.39, 0.29) is 36.0 Å². The van der Waals surface area contributed by atoms with Gasteiger partial charge in [0.15, 0.2) is 5.60 Å². The summed E-state index contributed by atoms with van der Waals surface area (Å²) in [5.41, 5.74) is 1.49. The molecule has 10 heteroatoms. The number of benzene rings is 3. The topological polar surface area (TPSA) is 103 Å². The van der Waals surface area contributed by atoms with Gasteiger partial charge in [0.1, 0.15) is 11.3 Å². The van der Waals surface area contributed by atoms with Crippen molar-refractivity contribution in [2.75, 3.05) is 48.6 Å². The van der Waals surface area contributed by atoms with E-state index in [9.17, 15) is 14.7 Å². The molecule has 9 nitrogen and oxygen atoms in total.